The second-order valence-corrected chi connectivity index (χ2v) is 5.71. The quantitative estimate of drug-likeness (QED) is 0.750. The maximum Gasteiger partial charge on any atom is 0.409 e. The van der Waals surface area contributed by atoms with Crippen LogP contribution in [-0.4, -0.2) is 60.4 Å². The summed E-state index contributed by atoms with van der Waals surface area (Å²) in [5.41, 5.74) is 0.688. The van der Waals surface area contributed by atoms with Gasteiger partial charge in [-0.15, -0.1) is 0 Å². The Morgan fingerprint density at radius 1 is 0.958 bits per heavy atom. The zero-order valence-corrected chi connectivity index (χ0v) is 14.1. The van der Waals surface area contributed by atoms with E-state index in [0.29, 0.717) is 57.6 Å². The van der Waals surface area contributed by atoms with E-state index in [4.69, 9.17) is 4.74 Å². The average Bonchev–Trinajstić information content (AvgIpc) is 2.62. The lowest BCUT2D eigenvalue weighted by atomic mass is 10.1. The zero-order valence-electron chi connectivity index (χ0n) is 14.1. The van der Waals surface area contributed by atoms with Crippen LogP contribution in [-0.2, 0) is 9.53 Å². The van der Waals surface area contributed by atoms with Gasteiger partial charge >= 0.3 is 6.09 Å². The van der Waals surface area contributed by atoms with Crippen molar-refractivity contribution in [3.8, 4) is 0 Å². The summed E-state index contributed by atoms with van der Waals surface area (Å²) in [6.45, 7) is 4.15. The van der Waals surface area contributed by atoms with Crippen LogP contribution in [0.1, 0.15) is 36.5 Å². The molecule has 1 aliphatic rings. The molecule has 0 atom stereocenters. The third-order valence-corrected chi connectivity index (χ3v) is 4.05. The molecule has 6 heteroatoms. The molecule has 1 saturated heterocycles. The van der Waals surface area contributed by atoms with E-state index in [-0.39, 0.29) is 17.8 Å². The van der Waals surface area contributed by atoms with Gasteiger partial charge in [0.05, 0.1) is 6.61 Å². The molecule has 130 valence electrons. The third-order valence-electron chi connectivity index (χ3n) is 4.05. The molecule has 24 heavy (non-hydrogen) atoms. The van der Waals surface area contributed by atoms with Gasteiger partial charge in [-0.25, -0.2) is 4.79 Å². The summed E-state index contributed by atoms with van der Waals surface area (Å²) in [5, 5.41) is 0. The fourth-order valence-electron chi connectivity index (χ4n) is 2.68. The number of nitrogens with zero attached hydrogens (tertiary/aromatic N) is 2. The Balaban J connectivity index is 1.68. The van der Waals surface area contributed by atoms with E-state index in [1.165, 1.54) is 0 Å². The van der Waals surface area contributed by atoms with Crippen molar-refractivity contribution in [3.05, 3.63) is 35.9 Å². The molecule has 2 rings (SSSR count). The molecule has 1 aromatic rings. The number of rotatable bonds is 6. The van der Waals surface area contributed by atoms with Crippen molar-refractivity contribution in [2.24, 2.45) is 0 Å². The summed E-state index contributed by atoms with van der Waals surface area (Å²) in [6.07, 6.45) is 0.958. The van der Waals surface area contributed by atoms with Gasteiger partial charge in [-0.05, 0) is 13.3 Å². The molecule has 0 aromatic heterocycles. The van der Waals surface area contributed by atoms with Gasteiger partial charge in [0.25, 0.3) is 0 Å². The topological polar surface area (TPSA) is 66.9 Å². The predicted molar refractivity (Wildman–Crippen MR) is 89.8 cm³/mol. The SMILES string of the molecule is CCOC(=O)N1CCN(C(=O)CCCC(=O)c2ccccc2)CC1. The second-order valence-electron chi connectivity index (χ2n) is 5.71. The van der Waals surface area contributed by atoms with Crippen LogP contribution in [0.3, 0.4) is 0 Å². The summed E-state index contributed by atoms with van der Waals surface area (Å²) < 4.78 is 4.96. The van der Waals surface area contributed by atoms with E-state index in [0.717, 1.165) is 0 Å². The highest BCUT2D eigenvalue weighted by Gasteiger charge is 2.24. The lowest BCUT2D eigenvalue weighted by Gasteiger charge is -2.34. The molecule has 2 amide bonds. The van der Waals surface area contributed by atoms with Crippen LogP contribution in [0.4, 0.5) is 4.79 Å². The molecule has 1 fully saturated rings. The van der Waals surface area contributed by atoms with Gasteiger partial charge in [-0.3, -0.25) is 9.59 Å². The molecule has 1 aromatic carbocycles. The number of hydrogen-bond acceptors (Lipinski definition) is 4. The molecule has 0 unspecified atom stereocenters. The van der Waals surface area contributed by atoms with E-state index in [9.17, 15) is 14.4 Å². The van der Waals surface area contributed by atoms with Crippen molar-refractivity contribution in [2.45, 2.75) is 26.2 Å². The van der Waals surface area contributed by atoms with E-state index in [1.807, 2.05) is 18.2 Å². The molecule has 1 aliphatic heterocycles. The average molecular weight is 332 g/mol. The van der Waals surface area contributed by atoms with Gasteiger partial charge in [-0.2, -0.15) is 0 Å². The maximum absolute atomic E-state index is 12.2. The van der Waals surface area contributed by atoms with Crippen LogP contribution in [0.15, 0.2) is 30.3 Å². The maximum atomic E-state index is 12.2. The first-order valence-electron chi connectivity index (χ1n) is 8.39. The first-order chi connectivity index (χ1) is 11.6. The van der Waals surface area contributed by atoms with Crippen LogP contribution < -0.4 is 0 Å². The molecule has 1 heterocycles. The van der Waals surface area contributed by atoms with Crippen LogP contribution >= 0.6 is 0 Å². The Bertz CT molecular complexity index is 566. The standard InChI is InChI=1S/C18H24N2O4/c1-2-24-18(23)20-13-11-19(12-14-20)17(22)10-6-9-16(21)15-7-4-3-5-8-15/h3-5,7-8H,2,6,9-14H2,1H3. The van der Waals surface area contributed by atoms with Gasteiger partial charge in [0.1, 0.15) is 0 Å². The molecular weight excluding hydrogens is 308 g/mol. The molecule has 0 saturated carbocycles. The Morgan fingerprint density at radius 3 is 2.21 bits per heavy atom. The van der Waals surface area contributed by atoms with Gasteiger partial charge in [-0.1, -0.05) is 30.3 Å². The van der Waals surface area contributed by atoms with Gasteiger partial charge in [0.2, 0.25) is 5.91 Å². The number of amides is 2. The monoisotopic (exact) mass is 332 g/mol. The number of Topliss-reactive ketones (excluding diaryl/α,β-unsaturated/α-hetero) is 1. The highest BCUT2D eigenvalue weighted by molar-refractivity contribution is 5.96. The van der Waals surface area contributed by atoms with Crippen LogP contribution in [0.2, 0.25) is 0 Å². The van der Waals surface area contributed by atoms with Gasteiger partial charge in [0.15, 0.2) is 5.78 Å². The lowest BCUT2D eigenvalue weighted by molar-refractivity contribution is -0.132. The van der Waals surface area contributed by atoms with Gasteiger partial charge in [0, 0.05) is 44.6 Å². The van der Waals surface area contributed by atoms with E-state index in [2.05, 4.69) is 0 Å². The summed E-state index contributed by atoms with van der Waals surface area (Å²) in [7, 11) is 0. The normalized spacial score (nSPS) is 14.4. The largest absolute Gasteiger partial charge is 0.450 e. The third kappa shape index (κ3) is 5.08. The smallest absolute Gasteiger partial charge is 0.409 e. The molecule has 0 N–H and O–H groups in total. The minimum atomic E-state index is -0.321. The molecular formula is C18H24N2O4. The van der Waals surface area contributed by atoms with Crippen molar-refractivity contribution in [2.75, 3.05) is 32.8 Å². The zero-order chi connectivity index (χ0) is 17.4. The van der Waals surface area contributed by atoms with Crippen molar-refractivity contribution >= 4 is 17.8 Å². The molecule has 0 radical (unpaired) electrons. The summed E-state index contributed by atoms with van der Waals surface area (Å²) in [4.78, 5) is 39.2. The number of piperazine rings is 1. The van der Waals surface area contributed by atoms with Crippen LogP contribution in [0.25, 0.3) is 0 Å². The molecule has 6 nitrogen and oxygen atoms in total. The van der Waals surface area contributed by atoms with E-state index in [1.54, 1.807) is 28.9 Å². The minimum absolute atomic E-state index is 0.0411. The summed E-state index contributed by atoms with van der Waals surface area (Å²) >= 11 is 0. The number of carbonyl (C=O) groups is 3. The number of carbonyl (C=O) groups excluding carboxylic acids is 3. The first-order valence-corrected chi connectivity index (χ1v) is 8.39. The molecule has 0 spiro atoms. The van der Waals surface area contributed by atoms with Crippen molar-refractivity contribution in [1.82, 2.24) is 9.80 Å². The molecule has 0 aliphatic carbocycles. The Kier molecular flexibility index (Phi) is 6.78. The number of ether oxygens (including phenoxy) is 1. The summed E-state index contributed by atoms with van der Waals surface area (Å²) in [6, 6.07) is 9.12. The van der Waals surface area contributed by atoms with Crippen molar-refractivity contribution in [1.29, 1.82) is 0 Å². The fourth-order valence-corrected chi connectivity index (χ4v) is 2.68. The van der Waals surface area contributed by atoms with Crippen LogP contribution in [0, 0.1) is 0 Å². The van der Waals surface area contributed by atoms with Gasteiger partial charge < -0.3 is 14.5 Å². The fraction of sp³-hybridized carbons (Fsp3) is 0.500. The number of benzene rings is 1. The Labute approximate surface area is 142 Å². The minimum Gasteiger partial charge on any atom is -0.450 e. The van der Waals surface area contributed by atoms with Crippen molar-refractivity contribution < 1.29 is 19.1 Å². The Hall–Kier alpha value is -2.37. The summed E-state index contributed by atoms with van der Waals surface area (Å²) in [5.74, 6) is 0.106. The van der Waals surface area contributed by atoms with E-state index >= 15 is 0 Å². The van der Waals surface area contributed by atoms with Crippen LogP contribution in [0.5, 0.6) is 0 Å². The number of hydrogen-bond donors (Lipinski definition) is 0. The van der Waals surface area contributed by atoms with Crippen molar-refractivity contribution in [3.63, 3.8) is 0 Å². The highest BCUT2D eigenvalue weighted by Crippen LogP contribution is 2.10. The second kappa shape index (κ2) is 9.05. The highest BCUT2D eigenvalue weighted by atomic mass is 16.6. The lowest BCUT2D eigenvalue weighted by Crippen LogP contribution is -2.50. The molecule has 0 bridgehead atoms. The van der Waals surface area contributed by atoms with E-state index < -0.39 is 0 Å². The number of ketones is 1. The predicted octanol–water partition coefficient (Wildman–Crippen LogP) is 2.34. The first kappa shape index (κ1) is 18.0. The Morgan fingerprint density at radius 2 is 1.58 bits per heavy atom.